The highest BCUT2D eigenvalue weighted by Gasteiger charge is 1.97. The first-order valence-corrected chi connectivity index (χ1v) is 6.10. The Hall–Kier alpha value is -1.38. The third-order valence-electron chi connectivity index (χ3n) is 1.68. The number of nitrogens with zero attached hydrogens (tertiary/aromatic N) is 1. The molecule has 0 aromatic heterocycles. The zero-order chi connectivity index (χ0) is 13.7. The lowest BCUT2D eigenvalue weighted by Gasteiger charge is -2.01. The Morgan fingerprint density at radius 2 is 1.82 bits per heavy atom. The fraction of sp³-hybridized carbons (Fsp3) is 0.500. The summed E-state index contributed by atoms with van der Waals surface area (Å²) in [6.07, 6.45) is 2.48. The minimum absolute atomic E-state index is 0.233. The molecule has 2 N–H and O–H groups in total. The molecule has 2 nitrogen and oxygen atoms in total. The average Bonchev–Trinajstić information content (AvgIpc) is 2.34. The van der Waals surface area contributed by atoms with Crippen molar-refractivity contribution in [2.75, 3.05) is 0 Å². The van der Waals surface area contributed by atoms with Crippen LogP contribution in [0.5, 0.6) is 0 Å². The predicted molar refractivity (Wildman–Crippen MR) is 74.8 cm³/mol. The van der Waals surface area contributed by atoms with Crippen LogP contribution in [0.25, 0.3) is 0 Å². The third kappa shape index (κ3) is 9.54. The minimum Gasteiger partial charge on any atom is -0.390 e. The Bertz CT molecular complexity index is 309. The Morgan fingerprint density at radius 1 is 1.29 bits per heavy atom. The van der Waals surface area contributed by atoms with Crippen molar-refractivity contribution in [2.24, 2.45) is 10.7 Å². The lowest BCUT2D eigenvalue weighted by atomic mass is 10.1. The van der Waals surface area contributed by atoms with Crippen LogP contribution in [0, 0.1) is 12.7 Å². The number of hydrogen-bond acceptors (Lipinski definition) is 1. The summed E-state index contributed by atoms with van der Waals surface area (Å²) in [7, 11) is 0. The second-order valence-electron chi connectivity index (χ2n) is 3.27. The second-order valence-corrected chi connectivity index (χ2v) is 3.27. The van der Waals surface area contributed by atoms with Crippen LogP contribution in [0.1, 0.15) is 45.2 Å². The van der Waals surface area contributed by atoms with Crippen LogP contribution < -0.4 is 5.73 Å². The van der Waals surface area contributed by atoms with Crippen molar-refractivity contribution in [3.63, 3.8) is 0 Å². The van der Waals surface area contributed by atoms with Crippen LogP contribution in [0.3, 0.4) is 0 Å². The van der Waals surface area contributed by atoms with Gasteiger partial charge in [0.1, 0.15) is 5.82 Å². The van der Waals surface area contributed by atoms with Crippen LogP contribution >= 0.6 is 0 Å². The molecule has 1 rings (SSSR count). The maximum atomic E-state index is 12.7. The zero-order valence-corrected chi connectivity index (χ0v) is 11.6. The maximum absolute atomic E-state index is 12.7. The highest BCUT2D eigenvalue weighted by Crippen LogP contribution is 2.10. The van der Waals surface area contributed by atoms with E-state index in [2.05, 4.69) is 18.8 Å². The van der Waals surface area contributed by atoms with Gasteiger partial charge in [0.2, 0.25) is 0 Å². The van der Waals surface area contributed by atoms with Crippen LogP contribution in [0.2, 0.25) is 0 Å². The number of hydrogen-bond donors (Lipinski definition) is 1. The Morgan fingerprint density at radius 3 is 2.29 bits per heavy atom. The molecule has 1 aromatic carbocycles. The Kier molecular flexibility index (Phi) is 13.4. The van der Waals surface area contributed by atoms with Crippen molar-refractivity contribution < 1.29 is 4.39 Å². The van der Waals surface area contributed by atoms with Crippen molar-refractivity contribution in [3.05, 3.63) is 35.1 Å². The van der Waals surface area contributed by atoms with Gasteiger partial charge in [-0.05, 0) is 30.2 Å². The molecule has 3 heteroatoms. The summed E-state index contributed by atoms with van der Waals surface area (Å²) < 4.78 is 12.7. The summed E-state index contributed by atoms with van der Waals surface area (Å²) in [4.78, 5) is 3.83. The SMILES string of the molecule is CC.CCC.Cc1ccc(F)cc1CN=CN. The van der Waals surface area contributed by atoms with E-state index in [-0.39, 0.29) is 5.82 Å². The van der Waals surface area contributed by atoms with Gasteiger partial charge in [-0.25, -0.2) is 4.39 Å². The van der Waals surface area contributed by atoms with Gasteiger partial charge in [-0.2, -0.15) is 0 Å². The van der Waals surface area contributed by atoms with E-state index >= 15 is 0 Å². The fourth-order valence-electron chi connectivity index (χ4n) is 0.961. The number of rotatable bonds is 2. The minimum atomic E-state index is -0.233. The fourth-order valence-corrected chi connectivity index (χ4v) is 0.961. The molecular formula is C14H25FN2. The molecule has 0 amide bonds. The second kappa shape index (κ2) is 12.7. The van der Waals surface area contributed by atoms with Gasteiger partial charge < -0.3 is 5.73 Å². The number of nitrogens with two attached hydrogens (primary N) is 1. The average molecular weight is 240 g/mol. The predicted octanol–water partition coefficient (Wildman–Crippen LogP) is 4.06. The molecular weight excluding hydrogens is 215 g/mol. The van der Waals surface area contributed by atoms with Crippen LogP contribution in [0.4, 0.5) is 4.39 Å². The molecule has 0 aliphatic carbocycles. The zero-order valence-electron chi connectivity index (χ0n) is 11.6. The number of halogens is 1. The Balaban J connectivity index is 0. The van der Waals surface area contributed by atoms with Crippen molar-refractivity contribution in [2.45, 2.75) is 47.6 Å². The third-order valence-corrected chi connectivity index (χ3v) is 1.68. The van der Waals surface area contributed by atoms with E-state index in [1.165, 1.54) is 24.9 Å². The number of aliphatic imine (C=N–C) groups is 1. The topological polar surface area (TPSA) is 38.4 Å². The molecule has 0 unspecified atom stereocenters. The monoisotopic (exact) mass is 240 g/mol. The van der Waals surface area contributed by atoms with Crippen LogP contribution in [-0.2, 0) is 6.54 Å². The largest absolute Gasteiger partial charge is 0.390 e. The summed E-state index contributed by atoms with van der Waals surface area (Å²) in [5.74, 6) is -0.233. The van der Waals surface area contributed by atoms with Gasteiger partial charge in [0, 0.05) is 0 Å². The van der Waals surface area contributed by atoms with Crippen LogP contribution in [0.15, 0.2) is 23.2 Å². The van der Waals surface area contributed by atoms with Gasteiger partial charge in [-0.3, -0.25) is 4.99 Å². The first-order chi connectivity index (χ1) is 8.15. The van der Waals surface area contributed by atoms with E-state index < -0.39 is 0 Å². The summed E-state index contributed by atoms with van der Waals surface area (Å²) >= 11 is 0. The standard InChI is InChI=1S/C9H11FN2.C3H8.C2H6/c1-7-2-3-9(10)4-8(7)5-12-6-11;1-3-2;1-2/h2-4,6H,5H2,1H3,(H2,11,12);3H2,1-2H3;1-2H3. The van der Waals surface area contributed by atoms with Gasteiger partial charge in [0.05, 0.1) is 12.9 Å². The lowest BCUT2D eigenvalue weighted by Crippen LogP contribution is -1.93. The molecule has 0 aliphatic heterocycles. The summed E-state index contributed by atoms with van der Waals surface area (Å²) in [5, 5.41) is 0. The molecule has 98 valence electrons. The number of benzene rings is 1. The molecule has 0 saturated heterocycles. The van der Waals surface area contributed by atoms with E-state index in [4.69, 9.17) is 5.73 Å². The van der Waals surface area contributed by atoms with Crippen molar-refractivity contribution in [1.29, 1.82) is 0 Å². The molecule has 1 aromatic rings. The summed E-state index contributed by atoms with van der Waals surface area (Å²) in [6, 6.07) is 4.64. The molecule has 0 radical (unpaired) electrons. The van der Waals surface area contributed by atoms with E-state index in [1.54, 1.807) is 6.07 Å². The summed E-state index contributed by atoms with van der Waals surface area (Å²) in [5.41, 5.74) is 6.98. The molecule has 0 fully saturated rings. The van der Waals surface area contributed by atoms with Crippen LogP contribution in [-0.4, -0.2) is 6.34 Å². The van der Waals surface area contributed by atoms with E-state index in [1.807, 2.05) is 20.8 Å². The van der Waals surface area contributed by atoms with Gasteiger partial charge in [-0.15, -0.1) is 0 Å². The molecule has 0 aliphatic rings. The lowest BCUT2D eigenvalue weighted by molar-refractivity contribution is 0.625. The van der Waals surface area contributed by atoms with E-state index in [0.29, 0.717) is 6.54 Å². The molecule has 17 heavy (non-hydrogen) atoms. The Labute approximate surface area is 105 Å². The molecule has 0 heterocycles. The van der Waals surface area contributed by atoms with E-state index in [9.17, 15) is 4.39 Å². The normalized spacial score (nSPS) is 9.06. The highest BCUT2D eigenvalue weighted by molar-refractivity contribution is 5.51. The number of aryl methyl sites for hydroxylation is 1. The molecule has 0 bridgehead atoms. The first kappa shape index (κ1) is 18.0. The highest BCUT2D eigenvalue weighted by atomic mass is 19.1. The smallest absolute Gasteiger partial charge is 0.123 e. The van der Waals surface area contributed by atoms with Crippen molar-refractivity contribution >= 4 is 6.34 Å². The molecule has 0 spiro atoms. The van der Waals surface area contributed by atoms with Gasteiger partial charge in [0.15, 0.2) is 0 Å². The van der Waals surface area contributed by atoms with Gasteiger partial charge >= 0.3 is 0 Å². The molecule has 0 saturated carbocycles. The quantitative estimate of drug-likeness (QED) is 0.614. The van der Waals surface area contributed by atoms with Gasteiger partial charge in [0.25, 0.3) is 0 Å². The van der Waals surface area contributed by atoms with Crippen molar-refractivity contribution in [1.82, 2.24) is 0 Å². The van der Waals surface area contributed by atoms with E-state index in [0.717, 1.165) is 11.1 Å². The van der Waals surface area contributed by atoms with Gasteiger partial charge in [-0.1, -0.05) is 40.2 Å². The molecule has 0 atom stereocenters. The summed E-state index contributed by atoms with van der Waals surface area (Å²) in [6.45, 7) is 10.6. The first-order valence-electron chi connectivity index (χ1n) is 6.10. The van der Waals surface area contributed by atoms with Crippen molar-refractivity contribution in [3.8, 4) is 0 Å². The maximum Gasteiger partial charge on any atom is 0.123 e.